The van der Waals surface area contributed by atoms with Gasteiger partial charge in [-0.2, -0.15) is 0 Å². The number of rotatable bonds is 4. The Morgan fingerprint density at radius 1 is 1.24 bits per heavy atom. The summed E-state index contributed by atoms with van der Waals surface area (Å²) in [6.45, 7) is 3.44. The number of aryl methyl sites for hydroxylation is 1. The Hall–Kier alpha value is -1.92. The Kier molecular flexibility index (Phi) is 4.59. The van der Waals surface area contributed by atoms with Crippen LogP contribution in [0.1, 0.15) is 24.2 Å². The first-order valence-electron chi connectivity index (χ1n) is 6.29. The highest BCUT2D eigenvalue weighted by Gasteiger charge is 2.18. The molecular formula is C15H14BrNO4. The van der Waals surface area contributed by atoms with Crippen molar-refractivity contribution >= 4 is 21.6 Å². The second-order valence-electron chi connectivity index (χ2n) is 4.69. The highest BCUT2D eigenvalue weighted by molar-refractivity contribution is 9.10. The number of nitro benzene ring substituents is 1. The van der Waals surface area contributed by atoms with E-state index < -0.39 is 11.0 Å². The van der Waals surface area contributed by atoms with Gasteiger partial charge >= 0.3 is 5.69 Å². The summed E-state index contributed by atoms with van der Waals surface area (Å²) in [5.74, 6) is 0.547. The lowest BCUT2D eigenvalue weighted by atomic mass is 10.1. The monoisotopic (exact) mass is 351 g/mol. The van der Waals surface area contributed by atoms with Crippen molar-refractivity contribution in [3.8, 4) is 11.5 Å². The maximum absolute atomic E-state index is 11.1. The second kappa shape index (κ2) is 6.24. The summed E-state index contributed by atoms with van der Waals surface area (Å²) in [4.78, 5) is 10.6. The molecule has 0 aliphatic carbocycles. The van der Waals surface area contributed by atoms with Crippen LogP contribution >= 0.6 is 15.9 Å². The molecule has 0 aliphatic heterocycles. The average molecular weight is 352 g/mol. The summed E-state index contributed by atoms with van der Waals surface area (Å²) in [7, 11) is 0. The normalized spacial score (nSPS) is 12.0. The Morgan fingerprint density at radius 2 is 1.95 bits per heavy atom. The van der Waals surface area contributed by atoms with Gasteiger partial charge in [0.05, 0.1) is 11.0 Å². The molecule has 0 aromatic heterocycles. The van der Waals surface area contributed by atoms with Crippen molar-refractivity contribution in [1.29, 1.82) is 0 Å². The van der Waals surface area contributed by atoms with Crippen LogP contribution in [0.25, 0.3) is 0 Å². The van der Waals surface area contributed by atoms with Crippen molar-refractivity contribution in [2.75, 3.05) is 0 Å². The van der Waals surface area contributed by atoms with E-state index in [1.54, 1.807) is 37.3 Å². The highest BCUT2D eigenvalue weighted by atomic mass is 79.9. The lowest BCUT2D eigenvalue weighted by molar-refractivity contribution is -0.385. The third-order valence-electron chi connectivity index (χ3n) is 2.95. The molecule has 5 nitrogen and oxygen atoms in total. The fraction of sp³-hybridized carbons (Fsp3) is 0.200. The summed E-state index contributed by atoms with van der Waals surface area (Å²) in [6.07, 6.45) is -0.749. The summed E-state index contributed by atoms with van der Waals surface area (Å²) in [6, 6.07) is 9.81. The molecule has 0 heterocycles. The summed E-state index contributed by atoms with van der Waals surface area (Å²) >= 11 is 3.32. The SMILES string of the molecule is Cc1ccc([N+](=O)[O-])c(Oc2ccc(Br)cc2C(C)O)c1. The minimum Gasteiger partial charge on any atom is -0.450 e. The molecule has 0 fully saturated rings. The Labute approximate surface area is 130 Å². The largest absolute Gasteiger partial charge is 0.450 e. The molecule has 0 saturated heterocycles. The zero-order valence-electron chi connectivity index (χ0n) is 11.5. The topological polar surface area (TPSA) is 72.6 Å². The molecule has 1 N–H and O–H groups in total. The van der Waals surface area contributed by atoms with Crippen LogP contribution in [0.2, 0.25) is 0 Å². The predicted octanol–water partition coefficient (Wildman–Crippen LogP) is 4.51. The third kappa shape index (κ3) is 3.59. The molecule has 110 valence electrons. The third-order valence-corrected chi connectivity index (χ3v) is 3.45. The predicted molar refractivity (Wildman–Crippen MR) is 82.7 cm³/mol. The number of ether oxygens (including phenoxy) is 1. The van der Waals surface area contributed by atoms with Crippen molar-refractivity contribution in [1.82, 2.24) is 0 Å². The number of halogens is 1. The molecule has 0 radical (unpaired) electrons. The van der Waals surface area contributed by atoms with Crippen molar-refractivity contribution in [2.24, 2.45) is 0 Å². The van der Waals surface area contributed by atoms with Crippen LogP contribution in [0.5, 0.6) is 11.5 Å². The van der Waals surface area contributed by atoms with Crippen LogP contribution in [-0.2, 0) is 0 Å². The number of nitro groups is 1. The molecule has 0 spiro atoms. The molecule has 0 bridgehead atoms. The quantitative estimate of drug-likeness (QED) is 0.649. The zero-order chi connectivity index (χ0) is 15.6. The maximum Gasteiger partial charge on any atom is 0.311 e. The van der Waals surface area contributed by atoms with E-state index in [0.29, 0.717) is 11.3 Å². The molecule has 2 aromatic rings. The minimum absolute atomic E-state index is 0.111. The smallest absolute Gasteiger partial charge is 0.311 e. The van der Waals surface area contributed by atoms with Crippen LogP contribution in [0.15, 0.2) is 40.9 Å². The van der Waals surface area contributed by atoms with Gasteiger partial charge in [-0.05, 0) is 43.7 Å². The lowest BCUT2D eigenvalue weighted by Gasteiger charge is -2.14. The van der Waals surface area contributed by atoms with E-state index in [2.05, 4.69) is 15.9 Å². The maximum atomic E-state index is 11.1. The minimum atomic E-state index is -0.749. The lowest BCUT2D eigenvalue weighted by Crippen LogP contribution is -1.99. The number of hydrogen-bond acceptors (Lipinski definition) is 4. The first kappa shape index (κ1) is 15.5. The van der Waals surface area contributed by atoms with Gasteiger partial charge in [-0.1, -0.05) is 22.0 Å². The fourth-order valence-electron chi connectivity index (χ4n) is 1.91. The summed E-state index contributed by atoms with van der Waals surface area (Å²) in [5.41, 5.74) is 1.30. The number of aliphatic hydroxyl groups excluding tert-OH is 1. The molecule has 2 aromatic carbocycles. The van der Waals surface area contributed by atoms with Gasteiger partial charge in [-0.3, -0.25) is 10.1 Å². The molecule has 1 atom stereocenters. The van der Waals surface area contributed by atoms with Crippen LogP contribution < -0.4 is 4.74 Å². The van der Waals surface area contributed by atoms with Gasteiger partial charge in [0.2, 0.25) is 5.75 Å². The van der Waals surface area contributed by atoms with E-state index in [-0.39, 0.29) is 11.4 Å². The molecule has 0 aliphatic rings. The molecule has 2 rings (SSSR count). The Morgan fingerprint density at radius 3 is 2.57 bits per heavy atom. The molecule has 0 amide bonds. The van der Waals surface area contributed by atoms with Crippen LogP contribution in [0.4, 0.5) is 5.69 Å². The van der Waals surface area contributed by atoms with Gasteiger partial charge in [0.25, 0.3) is 0 Å². The first-order valence-corrected chi connectivity index (χ1v) is 7.08. The van der Waals surface area contributed by atoms with E-state index in [1.807, 2.05) is 6.92 Å². The first-order chi connectivity index (χ1) is 9.88. The van der Waals surface area contributed by atoms with Gasteiger partial charge in [0.1, 0.15) is 5.75 Å². The van der Waals surface area contributed by atoms with Crippen LogP contribution in [0.3, 0.4) is 0 Å². The van der Waals surface area contributed by atoms with Gasteiger partial charge in [0, 0.05) is 16.1 Å². The van der Waals surface area contributed by atoms with E-state index in [4.69, 9.17) is 4.74 Å². The van der Waals surface area contributed by atoms with Crippen LogP contribution in [0, 0.1) is 17.0 Å². The van der Waals surface area contributed by atoms with E-state index in [0.717, 1.165) is 10.0 Å². The summed E-state index contributed by atoms with van der Waals surface area (Å²) < 4.78 is 6.47. The zero-order valence-corrected chi connectivity index (χ0v) is 13.1. The van der Waals surface area contributed by atoms with Gasteiger partial charge in [0.15, 0.2) is 0 Å². The highest BCUT2D eigenvalue weighted by Crippen LogP contribution is 2.36. The Bertz CT molecular complexity index is 685. The van der Waals surface area contributed by atoms with Gasteiger partial charge in [-0.15, -0.1) is 0 Å². The number of hydrogen-bond donors (Lipinski definition) is 1. The molecule has 6 heteroatoms. The fourth-order valence-corrected chi connectivity index (χ4v) is 2.29. The van der Waals surface area contributed by atoms with Crippen molar-refractivity contribution < 1.29 is 14.8 Å². The van der Waals surface area contributed by atoms with Gasteiger partial charge < -0.3 is 9.84 Å². The van der Waals surface area contributed by atoms with Crippen molar-refractivity contribution in [3.63, 3.8) is 0 Å². The Balaban J connectivity index is 2.47. The van der Waals surface area contributed by atoms with Gasteiger partial charge in [-0.25, -0.2) is 0 Å². The van der Waals surface area contributed by atoms with E-state index in [1.165, 1.54) is 6.07 Å². The summed E-state index contributed by atoms with van der Waals surface area (Å²) in [5, 5.41) is 20.9. The molecule has 1 unspecified atom stereocenters. The molecule has 0 saturated carbocycles. The standard InChI is InChI=1S/C15H14BrNO4/c1-9-3-5-13(17(19)20)15(7-9)21-14-6-4-11(16)8-12(14)10(2)18/h3-8,10,18H,1-2H3. The second-order valence-corrected chi connectivity index (χ2v) is 5.60. The number of benzene rings is 2. The molecule has 21 heavy (non-hydrogen) atoms. The van der Waals surface area contributed by atoms with E-state index >= 15 is 0 Å². The van der Waals surface area contributed by atoms with Crippen molar-refractivity contribution in [3.05, 3.63) is 62.1 Å². The molecular weight excluding hydrogens is 338 g/mol. The van der Waals surface area contributed by atoms with E-state index in [9.17, 15) is 15.2 Å². The number of nitrogens with zero attached hydrogens (tertiary/aromatic N) is 1. The number of aliphatic hydroxyl groups is 1. The van der Waals surface area contributed by atoms with Crippen LogP contribution in [-0.4, -0.2) is 10.0 Å². The average Bonchev–Trinajstić information content (AvgIpc) is 2.40. The van der Waals surface area contributed by atoms with Crippen molar-refractivity contribution in [2.45, 2.75) is 20.0 Å².